The van der Waals surface area contributed by atoms with Crippen molar-refractivity contribution in [3.63, 3.8) is 0 Å². The molecule has 0 bridgehead atoms. The lowest BCUT2D eigenvalue weighted by molar-refractivity contribution is -0.150. The summed E-state index contributed by atoms with van der Waals surface area (Å²) in [7, 11) is 0. The summed E-state index contributed by atoms with van der Waals surface area (Å²) in [6.07, 6.45) is 0.411. The van der Waals surface area contributed by atoms with Crippen LogP contribution in [0.4, 0.5) is 4.79 Å². The number of benzene rings is 1. The van der Waals surface area contributed by atoms with E-state index in [9.17, 15) is 14.4 Å². The minimum atomic E-state index is -0.578. The predicted molar refractivity (Wildman–Crippen MR) is 81.1 cm³/mol. The highest BCUT2D eigenvalue weighted by Crippen LogP contribution is 2.15. The molecule has 1 N–H and O–H groups in total. The van der Waals surface area contributed by atoms with E-state index in [1.54, 1.807) is 0 Å². The minimum Gasteiger partial charge on any atom is -0.456 e. The first kappa shape index (κ1) is 16.8. The summed E-state index contributed by atoms with van der Waals surface area (Å²) in [6, 6.07) is 9.33. The maximum Gasteiger partial charge on any atom is 0.409 e. The van der Waals surface area contributed by atoms with Crippen LogP contribution in [0.2, 0.25) is 0 Å². The molecule has 7 nitrogen and oxygen atoms in total. The molecule has 1 unspecified atom stereocenters. The van der Waals surface area contributed by atoms with Crippen molar-refractivity contribution in [1.82, 2.24) is 10.2 Å². The third kappa shape index (κ3) is 5.28. The third-order valence-corrected chi connectivity index (χ3v) is 3.47. The maximum absolute atomic E-state index is 12.0. The van der Waals surface area contributed by atoms with E-state index in [2.05, 4.69) is 5.32 Å². The van der Waals surface area contributed by atoms with Crippen molar-refractivity contribution in [2.45, 2.75) is 32.5 Å². The molecule has 0 radical (unpaired) electrons. The Kier molecular flexibility index (Phi) is 5.96. The van der Waals surface area contributed by atoms with E-state index in [-0.39, 0.29) is 19.1 Å². The summed E-state index contributed by atoms with van der Waals surface area (Å²) >= 11 is 0. The van der Waals surface area contributed by atoms with E-state index in [0.717, 1.165) is 12.0 Å². The van der Waals surface area contributed by atoms with Crippen LogP contribution in [-0.4, -0.2) is 42.2 Å². The lowest BCUT2D eigenvalue weighted by Crippen LogP contribution is -2.48. The van der Waals surface area contributed by atoms with Gasteiger partial charge in [0.05, 0.1) is 0 Å². The molecule has 1 aliphatic rings. The van der Waals surface area contributed by atoms with Gasteiger partial charge in [0.2, 0.25) is 0 Å². The molecule has 1 fully saturated rings. The SMILES string of the molecule is CC(=O)OCC(=O)N1CCCC1NC(=O)OCc1ccccc1. The second-order valence-corrected chi connectivity index (χ2v) is 5.23. The Morgan fingerprint density at radius 3 is 2.65 bits per heavy atom. The fourth-order valence-corrected chi connectivity index (χ4v) is 2.36. The van der Waals surface area contributed by atoms with Crippen LogP contribution >= 0.6 is 0 Å². The standard InChI is InChI=1S/C16H20N2O5/c1-12(19)22-11-15(20)18-9-5-8-14(18)17-16(21)23-10-13-6-3-2-4-7-13/h2-4,6-7,14H,5,8-11H2,1H3,(H,17,21). The van der Waals surface area contributed by atoms with Crippen molar-refractivity contribution in [1.29, 1.82) is 0 Å². The molecule has 1 aliphatic heterocycles. The highest BCUT2D eigenvalue weighted by atomic mass is 16.5. The van der Waals surface area contributed by atoms with E-state index in [1.807, 2.05) is 30.3 Å². The molecular weight excluding hydrogens is 300 g/mol. The van der Waals surface area contributed by atoms with Crippen molar-refractivity contribution in [3.8, 4) is 0 Å². The summed E-state index contributed by atoms with van der Waals surface area (Å²) in [4.78, 5) is 36.1. The number of rotatable bonds is 5. The minimum absolute atomic E-state index is 0.167. The third-order valence-electron chi connectivity index (χ3n) is 3.47. The number of amides is 2. The topological polar surface area (TPSA) is 84.9 Å². The van der Waals surface area contributed by atoms with E-state index < -0.39 is 18.2 Å². The number of esters is 1. The smallest absolute Gasteiger partial charge is 0.409 e. The second-order valence-electron chi connectivity index (χ2n) is 5.23. The van der Waals surface area contributed by atoms with E-state index in [0.29, 0.717) is 13.0 Å². The van der Waals surface area contributed by atoms with Gasteiger partial charge < -0.3 is 19.7 Å². The van der Waals surface area contributed by atoms with Crippen molar-refractivity contribution in [2.75, 3.05) is 13.2 Å². The number of carbonyl (C=O) groups is 3. The number of hydrogen-bond donors (Lipinski definition) is 1. The van der Waals surface area contributed by atoms with Gasteiger partial charge in [-0.25, -0.2) is 4.79 Å². The zero-order chi connectivity index (χ0) is 16.7. The van der Waals surface area contributed by atoms with Gasteiger partial charge in [0.15, 0.2) is 6.61 Å². The fourth-order valence-electron chi connectivity index (χ4n) is 2.36. The zero-order valence-corrected chi connectivity index (χ0v) is 13.0. The van der Waals surface area contributed by atoms with Gasteiger partial charge in [-0.1, -0.05) is 30.3 Å². The number of carbonyl (C=O) groups excluding carboxylic acids is 3. The van der Waals surface area contributed by atoms with Crippen molar-refractivity contribution in [2.24, 2.45) is 0 Å². The van der Waals surface area contributed by atoms with Gasteiger partial charge in [0, 0.05) is 13.5 Å². The molecule has 0 aliphatic carbocycles. The van der Waals surface area contributed by atoms with Crippen molar-refractivity contribution >= 4 is 18.0 Å². The van der Waals surface area contributed by atoms with Crippen LogP contribution in [-0.2, 0) is 25.7 Å². The summed E-state index contributed by atoms with van der Waals surface area (Å²) in [5.41, 5.74) is 0.886. The van der Waals surface area contributed by atoms with Crippen LogP contribution in [0.25, 0.3) is 0 Å². The largest absolute Gasteiger partial charge is 0.456 e. The molecule has 1 saturated heterocycles. The average molecular weight is 320 g/mol. The predicted octanol–water partition coefficient (Wildman–Crippen LogP) is 1.42. The monoisotopic (exact) mass is 320 g/mol. The van der Waals surface area contributed by atoms with Gasteiger partial charge in [-0.15, -0.1) is 0 Å². The zero-order valence-electron chi connectivity index (χ0n) is 13.0. The fraction of sp³-hybridized carbons (Fsp3) is 0.438. The number of ether oxygens (including phenoxy) is 2. The van der Waals surface area contributed by atoms with Gasteiger partial charge in [0.1, 0.15) is 12.8 Å². The van der Waals surface area contributed by atoms with Gasteiger partial charge in [-0.3, -0.25) is 9.59 Å². The molecule has 1 heterocycles. The highest BCUT2D eigenvalue weighted by molar-refractivity contribution is 5.81. The lowest BCUT2D eigenvalue weighted by Gasteiger charge is -2.25. The Labute approximate surface area is 134 Å². The van der Waals surface area contributed by atoms with E-state index >= 15 is 0 Å². The average Bonchev–Trinajstić information content (AvgIpc) is 2.99. The summed E-state index contributed by atoms with van der Waals surface area (Å²) < 4.78 is 9.84. The summed E-state index contributed by atoms with van der Waals surface area (Å²) in [5.74, 6) is -0.838. The molecule has 0 saturated carbocycles. The Morgan fingerprint density at radius 1 is 1.22 bits per heavy atom. The number of hydrogen-bond acceptors (Lipinski definition) is 5. The molecule has 0 aromatic heterocycles. The number of nitrogens with one attached hydrogen (secondary N) is 1. The van der Waals surface area contributed by atoms with Gasteiger partial charge in [-0.2, -0.15) is 0 Å². The van der Waals surface area contributed by atoms with Crippen LogP contribution in [0.1, 0.15) is 25.3 Å². The molecule has 124 valence electrons. The Balaban J connectivity index is 1.79. The number of nitrogens with zero attached hydrogens (tertiary/aromatic N) is 1. The molecule has 1 aromatic carbocycles. The second kappa shape index (κ2) is 8.17. The molecule has 2 rings (SSSR count). The van der Waals surface area contributed by atoms with Crippen LogP contribution in [0, 0.1) is 0 Å². The van der Waals surface area contributed by atoms with Crippen LogP contribution in [0.5, 0.6) is 0 Å². The van der Waals surface area contributed by atoms with Crippen LogP contribution in [0.15, 0.2) is 30.3 Å². The molecular formula is C16H20N2O5. The Morgan fingerprint density at radius 2 is 1.96 bits per heavy atom. The maximum atomic E-state index is 12.0. The molecule has 0 spiro atoms. The number of likely N-dealkylation sites (tertiary alicyclic amines) is 1. The first-order chi connectivity index (χ1) is 11.1. The van der Waals surface area contributed by atoms with Crippen LogP contribution < -0.4 is 5.32 Å². The van der Waals surface area contributed by atoms with Gasteiger partial charge in [0.25, 0.3) is 5.91 Å². The molecule has 7 heteroatoms. The molecule has 1 aromatic rings. The quantitative estimate of drug-likeness (QED) is 0.830. The molecule has 2 amide bonds. The van der Waals surface area contributed by atoms with Gasteiger partial charge in [-0.05, 0) is 18.4 Å². The molecule has 1 atom stereocenters. The normalized spacial score (nSPS) is 16.7. The lowest BCUT2D eigenvalue weighted by atomic mass is 10.2. The highest BCUT2D eigenvalue weighted by Gasteiger charge is 2.30. The van der Waals surface area contributed by atoms with E-state index in [4.69, 9.17) is 9.47 Å². The first-order valence-electron chi connectivity index (χ1n) is 7.46. The van der Waals surface area contributed by atoms with Crippen molar-refractivity contribution < 1.29 is 23.9 Å². The van der Waals surface area contributed by atoms with Crippen LogP contribution in [0.3, 0.4) is 0 Å². The Bertz CT molecular complexity index is 561. The Hall–Kier alpha value is -2.57. The first-order valence-corrected chi connectivity index (χ1v) is 7.46. The van der Waals surface area contributed by atoms with Crippen molar-refractivity contribution in [3.05, 3.63) is 35.9 Å². The number of alkyl carbamates (subject to hydrolysis) is 1. The summed E-state index contributed by atoms with van der Waals surface area (Å²) in [6.45, 7) is 1.62. The summed E-state index contributed by atoms with van der Waals surface area (Å²) in [5, 5.41) is 2.67. The molecule has 23 heavy (non-hydrogen) atoms. The van der Waals surface area contributed by atoms with E-state index in [1.165, 1.54) is 11.8 Å². The van der Waals surface area contributed by atoms with Gasteiger partial charge >= 0.3 is 12.1 Å².